The number of amides is 1. The molecular weight excluding hydrogens is 460 g/mol. The number of hydrogen-bond acceptors (Lipinski definition) is 4. The maximum absolute atomic E-state index is 12.6. The molecule has 1 amide bonds. The summed E-state index contributed by atoms with van der Waals surface area (Å²) < 4.78 is 2.84. The number of carbonyl (C=O) groups excluding carboxylic acids is 1. The summed E-state index contributed by atoms with van der Waals surface area (Å²) in [5, 5.41) is 22.8. The molecule has 0 unspecified atom stereocenters. The number of halogens is 1. The van der Waals surface area contributed by atoms with E-state index in [0.717, 1.165) is 36.9 Å². The molecule has 0 aliphatic rings. The normalized spacial score (nSPS) is 11.1. The molecule has 0 spiro atoms. The molecule has 0 aliphatic carbocycles. The molecule has 0 saturated carbocycles. The Balaban J connectivity index is 2.00. The van der Waals surface area contributed by atoms with Gasteiger partial charge in [0.2, 0.25) is 0 Å². The van der Waals surface area contributed by atoms with E-state index in [0.29, 0.717) is 11.3 Å². The number of anilines is 1. The van der Waals surface area contributed by atoms with E-state index in [-0.39, 0.29) is 5.57 Å². The van der Waals surface area contributed by atoms with Crippen molar-refractivity contribution in [1.29, 1.82) is 10.5 Å². The molecule has 5 nitrogen and oxygen atoms in total. The second-order valence-corrected chi connectivity index (χ2v) is 8.99. The highest BCUT2D eigenvalue weighted by molar-refractivity contribution is 9.10. The van der Waals surface area contributed by atoms with Gasteiger partial charge < -0.3 is 9.88 Å². The van der Waals surface area contributed by atoms with Crippen LogP contribution in [0.5, 0.6) is 0 Å². The number of thiophene rings is 1. The number of nitrogens with zero attached hydrogens (tertiary/aromatic N) is 3. The summed E-state index contributed by atoms with van der Waals surface area (Å²) in [7, 11) is 0. The van der Waals surface area contributed by atoms with Crippen molar-refractivity contribution in [3.8, 4) is 17.1 Å². The highest BCUT2D eigenvalue weighted by Crippen LogP contribution is 2.34. The topological polar surface area (TPSA) is 81.6 Å². The molecule has 3 aromatic rings. The molecule has 2 aromatic heterocycles. The van der Waals surface area contributed by atoms with Crippen LogP contribution in [0.1, 0.15) is 33.0 Å². The minimum atomic E-state index is -0.471. The lowest BCUT2D eigenvalue weighted by Gasteiger charge is -2.08. The first-order valence-corrected chi connectivity index (χ1v) is 10.8. The van der Waals surface area contributed by atoms with E-state index in [1.807, 2.05) is 50.5 Å². The minimum absolute atomic E-state index is 0.00859. The van der Waals surface area contributed by atoms with Gasteiger partial charge in [0.1, 0.15) is 22.7 Å². The Morgan fingerprint density at radius 3 is 2.57 bits per heavy atom. The average molecular weight is 479 g/mol. The van der Waals surface area contributed by atoms with Crippen LogP contribution in [0.15, 0.2) is 40.4 Å². The fourth-order valence-electron chi connectivity index (χ4n) is 3.21. The quantitative estimate of drug-likeness (QED) is 0.371. The zero-order valence-electron chi connectivity index (χ0n) is 17.0. The van der Waals surface area contributed by atoms with Crippen LogP contribution in [0.2, 0.25) is 0 Å². The number of rotatable bonds is 4. The van der Waals surface area contributed by atoms with E-state index in [2.05, 4.69) is 27.3 Å². The molecule has 0 fully saturated rings. The van der Waals surface area contributed by atoms with Crippen molar-refractivity contribution in [1.82, 2.24) is 4.57 Å². The van der Waals surface area contributed by atoms with Gasteiger partial charge in [-0.05, 0) is 69.2 Å². The SMILES string of the molecule is Cc1sc(-n2c(C)cc(/C=C(/C#N)C(=O)Nc3cccc(Br)c3)c2C)c(C#N)c1C. The average Bonchev–Trinajstić information content (AvgIpc) is 3.13. The Morgan fingerprint density at radius 1 is 1.20 bits per heavy atom. The number of aryl methyl sites for hydroxylation is 2. The first kappa shape index (κ1) is 21.6. The number of hydrogen-bond donors (Lipinski definition) is 1. The van der Waals surface area contributed by atoms with Crippen LogP contribution in [0.3, 0.4) is 0 Å². The predicted octanol–water partition coefficient (Wildman–Crippen LogP) is 5.95. The van der Waals surface area contributed by atoms with Gasteiger partial charge in [0.05, 0.1) is 5.56 Å². The molecule has 0 radical (unpaired) electrons. The van der Waals surface area contributed by atoms with Gasteiger partial charge in [0.25, 0.3) is 5.91 Å². The Bertz CT molecular complexity index is 1270. The molecule has 0 bridgehead atoms. The van der Waals surface area contributed by atoms with E-state index in [4.69, 9.17) is 0 Å². The fourth-order valence-corrected chi connectivity index (χ4v) is 4.83. The minimum Gasteiger partial charge on any atom is -0.321 e. The molecule has 3 rings (SSSR count). The van der Waals surface area contributed by atoms with Crippen molar-refractivity contribution in [2.45, 2.75) is 27.7 Å². The van der Waals surface area contributed by atoms with E-state index in [1.54, 1.807) is 35.6 Å². The molecule has 1 aromatic carbocycles. The summed E-state index contributed by atoms with van der Waals surface area (Å²) in [6.45, 7) is 7.82. The second-order valence-electron chi connectivity index (χ2n) is 6.87. The van der Waals surface area contributed by atoms with Crippen LogP contribution >= 0.6 is 27.3 Å². The summed E-state index contributed by atoms with van der Waals surface area (Å²) in [6, 6.07) is 13.4. The van der Waals surface area contributed by atoms with Gasteiger partial charge in [0.15, 0.2) is 0 Å². The monoisotopic (exact) mass is 478 g/mol. The maximum atomic E-state index is 12.6. The fraction of sp³-hybridized carbons (Fsp3) is 0.174. The number of carbonyl (C=O) groups is 1. The van der Waals surface area contributed by atoms with Gasteiger partial charge in [-0.25, -0.2) is 0 Å². The lowest BCUT2D eigenvalue weighted by atomic mass is 10.1. The highest BCUT2D eigenvalue weighted by atomic mass is 79.9. The van der Waals surface area contributed by atoms with Crippen molar-refractivity contribution in [3.63, 3.8) is 0 Å². The first-order valence-electron chi connectivity index (χ1n) is 9.15. The van der Waals surface area contributed by atoms with Gasteiger partial charge in [-0.3, -0.25) is 4.79 Å². The van der Waals surface area contributed by atoms with Crippen LogP contribution in [0.25, 0.3) is 11.1 Å². The van der Waals surface area contributed by atoms with Crippen molar-refractivity contribution < 1.29 is 4.79 Å². The van der Waals surface area contributed by atoms with Crippen molar-refractivity contribution in [2.75, 3.05) is 5.32 Å². The molecule has 7 heteroatoms. The number of nitriles is 2. The number of aromatic nitrogens is 1. The van der Waals surface area contributed by atoms with Crippen LogP contribution in [-0.2, 0) is 4.79 Å². The zero-order chi connectivity index (χ0) is 22.0. The molecule has 0 atom stereocenters. The van der Waals surface area contributed by atoms with E-state index in [1.165, 1.54) is 0 Å². The summed E-state index contributed by atoms with van der Waals surface area (Å²) >= 11 is 4.93. The van der Waals surface area contributed by atoms with Crippen LogP contribution in [0, 0.1) is 50.4 Å². The van der Waals surface area contributed by atoms with Crippen LogP contribution < -0.4 is 5.32 Å². The van der Waals surface area contributed by atoms with Crippen molar-refractivity contribution in [2.24, 2.45) is 0 Å². The molecule has 0 saturated heterocycles. The number of benzene rings is 1. The zero-order valence-corrected chi connectivity index (χ0v) is 19.4. The van der Waals surface area contributed by atoms with Gasteiger partial charge in [-0.2, -0.15) is 10.5 Å². The van der Waals surface area contributed by atoms with Crippen molar-refractivity contribution >= 4 is 44.9 Å². The molecule has 1 N–H and O–H groups in total. The van der Waals surface area contributed by atoms with Crippen LogP contribution in [0.4, 0.5) is 5.69 Å². The Hall–Kier alpha value is -3.13. The second kappa shape index (κ2) is 8.71. The summed E-state index contributed by atoms with van der Waals surface area (Å²) in [5.41, 5.74) is 4.81. The van der Waals surface area contributed by atoms with E-state index in [9.17, 15) is 15.3 Å². The Labute approximate surface area is 188 Å². The standard InChI is InChI=1S/C23H19BrN4OS/c1-13-8-17(15(3)28(13)23-21(12-26)14(2)16(4)30-23)9-18(11-25)22(29)27-20-7-5-6-19(24)10-20/h5-10H,1-4H3,(H,27,29)/b18-9-. The molecular formula is C23H19BrN4OS. The first-order chi connectivity index (χ1) is 14.3. The van der Waals surface area contributed by atoms with Gasteiger partial charge >= 0.3 is 0 Å². The van der Waals surface area contributed by atoms with E-state index >= 15 is 0 Å². The molecule has 2 heterocycles. The predicted molar refractivity (Wildman–Crippen MR) is 124 cm³/mol. The van der Waals surface area contributed by atoms with Crippen LogP contribution in [-0.4, -0.2) is 10.5 Å². The Kier molecular flexibility index (Phi) is 6.26. The third-order valence-electron chi connectivity index (χ3n) is 4.90. The third-order valence-corrected chi connectivity index (χ3v) is 6.58. The van der Waals surface area contributed by atoms with Gasteiger partial charge in [-0.1, -0.05) is 22.0 Å². The summed E-state index contributed by atoms with van der Waals surface area (Å²) in [5.74, 6) is -0.471. The smallest absolute Gasteiger partial charge is 0.266 e. The van der Waals surface area contributed by atoms with Gasteiger partial charge in [-0.15, -0.1) is 11.3 Å². The lowest BCUT2D eigenvalue weighted by molar-refractivity contribution is -0.112. The molecule has 0 aliphatic heterocycles. The molecule has 150 valence electrons. The van der Waals surface area contributed by atoms with E-state index < -0.39 is 5.91 Å². The highest BCUT2D eigenvalue weighted by Gasteiger charge is 2.19. The molecule has 30 heavy (non-hydrogen) atoms. The largest absolute Gasteiger partial charge is 0.321 e. The summed E-state index contributed by atoms with van der Waals surface area (Å²) in [4.78, 5) is 13.7. The number of nitrogens with one attached hydrogen (secondary N) is 1. The summed E-state index contributed by atoms with van der Waals surface area (Å²) in [6.07, 6.45) is 1.59. The van der Waals surface area contributed by atoms with Crippen molar-refractivity contribution in [3.05, 3.63) is 73.3 Å². The third kappa shape index (κ3) is 4.09. The maximum Gasteiger partial charge on any atom is 0.266 e. The Morgan fingerprint density at radius 2 is 1.93 bits per heavy atom. The lowest BCUT2D eigenvalue weighted by Crippen LogP contribution is -2.13. The van der Waals surface area contributed by atoms with Gasteiger partial charge in [0, 0.05) is 26.4 Å².